The molecule has 0 atom stereocenters. The van der Waals surface area contributed by atoms with Crippen LogP contribution in [0.1, 0.15) is 12.0 Å². The van der Waals surface area contributed by atoms with Crippen LogP contribution in [-0.4, -0.2) is 15.0 Å². The molecule has 3 aromatic heterocycles. The molecular weight excluding hydrogens is 490 g/mol. The van der Waals surface area contributed by atoms with Gasteiger partial charge in [-0.3, -0.25) is 9.97 Å². The van der Waals surface area contributed by atoms with E-state index in [1.54, 1.807) is 12.4 Å². The second-order valence-corrected chi connectivity index (χ2v) is 9.75. The summed E-state index contributed by atoms with van der Waals surface area (Å²) in [4.78, 5) is 13.6. The maximum absolute atomic E-state index is 6.20. The molecule has 4 nitrogen and oxygen atoms in total. The number of pyridine rings is 2. The third kappa shape index (κ3) is 4.79. The van der Waals surface area contributed by atoms with Gasteiger partial charge in [0, 0.05) is 41.5 Å². The van der Waals surface area contributed by atoms with Gasteiger partial charge in [0.15, 0.2) is 5.58 Å². The third-order valence-corrected chi connectivity index (χ3v) is 7.06. The summed E-state index contributed by atoms with van der Waals surface area (Å²) in [5, 5.41) is 0. The summed E-state index contributed by atoms with van der Waals surface area (Å²) in [7, 11) is 0. The summed E-state index contributed by atoms with van der Waals surface area (Å²) >= 11 is 0. The first-order valence-electron chi connectivity index (χ1n) is 13.3. The molecule has 0 saturated carbocycles. The number of fused-ring (bicyclic) bond motifs is 1. The minimum Gasteiger partial charge on any atom is -0.436 e. The Labute approximate surface area is 232 Å². The molecule has 190 valence electrons. The Morgan fingerprint density at radius 2 is 1.20 bits per heavy atom. The highest BCUT2D eigenvalue weighted by Gasteiger charge is 2.14. The van der Waals surface area contributed by atoms with Crippen LogP contribution in [0.15, 0.2) is 145 Å². The van der Waals surface area contributed by atoms with Gasteiger partial charge >= 0.3 is 0 Å². The largest absolute Gasteiger partial charge is 0.436 e. The SMILES string of the molecule is C1=CCC=C(c2cc(-c3cccnc3)cc(-c3cc(-c4cccnc4)cc(-c4nc5ccccc5o4)c3)c2)C=C1. The fraction of sp³-hybridized carbons (Fsp3) is 0.0278. The molecule has 0 N–H and O–H groups in total. The lowest BCUT2D eigenvalue weighted by Crippen LogP contribution is -1.91. The molecule has 1 aliphatic rings. The highest BCUT2D eigenvalue weighted by molar-refractivity contribution is 5.86. The zero-order chi connectivity index (χ0) is 26.7. The number of aromatic nitrogens is 3. The molecule has 6 aromatic rings. The number of para-hydroxylation sites is 2. The van der Waals surface area contributed by atoms with Crippen molar-refractivity contribution >= 4 is 16.7 Å². The number of allylic oxidation sites excluding steroid dienone is 6. The second kappa shape index (κ2) is 10.4. The molecule has 1 aliphatic carbocycles. The van der Waals surface area contributed by atoms with Gasteiger partial charge in [0.25, 0.3) is 0 Å². The van der Waals surface area contributed by atoms with E-state index in [2.05, 4.69) is 88.9 Å². The van der Waals surface area contributed by atoms with Gasteiger partial charge in [0.05, 0.1) is 0 Å². The minimum atomic E-state index is 0.595. The number of rotatable bonds is 5. The quantitative estimate of drug-likeness (QED) is 0.230. The molecule has 4 heteroatoms. The van der Waals surface area contributed by atoms with Crippen LogP contribution < -0.4 is 0 Å². The van der Waals surface area contributed by atoms with Gasteiger partial charge in [-0.1, -0.05) is 54.6 Å². The monoisotopic (exact) mass is 515 g/mol. The molecule has 0 amide bonds. The average Bonchev–Trinajstić information content (AvgIpc) is 3.28. The fourth-order valence-corrected chi connectivity index (χ4v) is 5.07. The molecule has 3 heterocycles. The molecule has 0 spiro atoms. The standard InChI is InChI=1S/C36H25N3O/c1-2-4-10-25(9-3-1)28-17-29(26-11-7-15-37-23-26)19-31(18-28)32-20-30(27-12-8-16-38-24-27)21-33(22-32)36-39-34-13-5-6-14-35(34)40-36/h1-3,5-24H,4H2. The Balaban J connectivity index is 1.44. The van der Waals surface area contributed by atoms with E-state index in [1.807, 2.05) is 48.8 Å². The van der Waals surface area contributed by atoms with Crippen LogP contribution >= 0.6 is 0 Å². The lowest BCUT2D eigenvalue weighted by atomic mass is 9.91. The van der Waals surface area contributed by atoms with Gasteiger partial charge in [0.2, 0.25) is 5.89 Å². The first kappa shape index (κ1) is 23.7. The molecule has 0 unspecified atom stereocenters. The normalized spacial score (nSPS) is 12.8. The van der Waals surface area contributed by atoms with E-state index in [9.17, 15) is 0 Å². The van der Waals surface area contributed by atoms with Crippen molar-refractivity contribution in [3.63, 3.8) is 0 Å². The summed E-state index contributed by atoms with van der Waals surface area (Å²) in [6.45, 7) is 0. The van der Waals surface area contributed by atoms with Crippen LogP contribution in [-0.2, 0) is 0 Å². The van der Waals surface area contributed by atoms with Crippen molar-refractivity contribution < 1.29 is 4.42 Å². The predicted octanol–water partition coefficient (Wildman–Crippen LogP) is 9.19. The first-order valence-corrected chi connectivity index (χ1v) is 13.3. The van der Waals surface area contributed by atoms with Crippen LogP contribution in [0.4, 0.5) is 0 Å². The third-order valence-electron chi connectivity index (χ3n) is 7.06. The molecule has 0 fully saturated rings. The van der Waals surface area contributed by atoms with E-state index < -0.39 is 0 Å². The summed E-state index contributed by atoms with van der Waals surface area (Å²) < 4.78 is 6.20. The van der Waals surface area contributed by atoms with Crippen molar-refractivity contribution in [2.24, 2.45) is 0 Å². The molecule has 0 saturated heterocycles. The smallest absolute Gasteiger partial charge is 0.227 e. The Morgan fingerprint density at radius 3 is 1.85 bits per heavy atom. The number of oxazole rings is 1. The van der Waals surface area contributed by atoms with Gasteiger partial charge in [0.1, 0.15) is 5.52 Å². The van der Waals surface area contributed by atoms with E-state index in [0.717, 1.165) is 62.0 Å². The Bertz CT molecular complexity index is 1880. The van der Waals surface area contributed by atoms with Gasteiger partial charge in [-0.25, -0.2) is 4.98 Å². The van der Waals surface area contributed by atoms with Crippen molar-refractivity contribution in [2.45, 2.75) is 6.42 Å². The molecular formula is C36H25N3O. The van der Waals surface area contributed by atoms with Crippen molar-refractivity contribution in [2.75, 3.05) is 0 Å². The number of hydrogen-bond donors (Lipinski definition) is 0. The van der Waals surface area contributed by atoms with Crippen molar-refractivity contribution in [3.05, 3.63) is 146 Å². The number of benzene rings is 3. The Kier molecular flexibility index (Phi) is 6.19. The van der Waals surface area contributed by atoms with Gasteiger partial charge in [-0.2, -0.15) is 0 Å². The maximum Gasteiger partial charge on any atom is 0.227 e. The van der Waals surface area contributed by atoms with E-state index in [4.69, 9.17) is 9.40 Å². The summed E-state index contributed by atoms with van der Waals surface area (Å²) in [6, 6.07) is 29.2. The molecule has 3 aromatic carbocycles. The topological polar surface area (TPSA) is 51.8 Å². The van der Waals surface area contributed by atoms with E-state index >= 15 is 0 Å². The number of hydrogen-bond acceptors (Lipinski definition) is 4. The predicted molar refractivity (Wildman–Crippen MR) is 162 cm³/mol. The van der Waals surface area contributed by atoms with E-state index in [0.29, 0.717) is 5.89 Å². The highest BCUT2D eigenvalue weighted by atomic mass is 16.3. The zero-order valence-electron chi connectivity index (χ0n) is 21.7. The highest BCUT2D eigenvalue weighted by Crippen LogP contribution is 2.37. The van der Waals surface area contributed by atoms with Crippen molar-refractivity contribution in [1.82, 2.24) is 15.0 Å². The molecule has 0 bridgehead atoms. The van der Waals surface area contributed by atoms with Gasteiger partial charge in [-0.05, 0) is 100 Å². The van der Waals surface area contributed by atoms with Crippen LogP contribution in [0.3, 0.4) is 0 Å². The molecule has 0 radical (unpaired) electrons. The number of nitrogens with zero attached hydrogens (tertiary/aromatic N) is 3. The van der Waals surface area contributed by atoms with Gasteiger partial charge < -0.3 is 4.42 Å². The first-order chi connectivity index (χ1) is 19.8. The molecule has 7 rings (SSSR count). The second-order valence-electron chi connectivity index (χ2n) is 9.75. The lowest BCUT2D eigenvalue weighted by Gasteiger charge is -2.14. The zero-order valence-corrected chi connectivity index (χ0v) is 21.7. The minimum absolute atomic E-state index is 0.595. The maximum atomic E-state index is 6.20. The van der Waals surface area contributed by atoms with Crippen LogP contribution in [0.5, 0.6) is 0 Å². The fourth-order valence-electron chi connectivity index (χ4n) is 5.07. The summed E-state index contributed by atoms with van der Waals surface area (Å²) in [5.74, 6) is 0.595. The Hall–Kier alpha value is -5.35. The van der Waals surface area contributed by atoms with Crippen LogP contribution in [0, 0.1) is 0 Å². The average molecular weight is 516 g/mol. The van der Waals surface area contributed by atoms with Crippen molar-refractivity contribution in [1.29, 1.82) is 0 Å². The Morgan fingerprint density at radius 1 is 0.575 bits per heavy atom. The molecule has 0 aliphatic heterocycles. The van der Waals surface area contributed by atoms with Crippen molar-refractivity contribution in [3.8, 4) is 44.8 Å². The molecule has 40 heavy (non-hydrogen) atoms. The summed E-state index contributed by atoms with van der Waals surface area (Å²) in [5.41, 5.74) is 11.3. The van der Waals surface area contributed by atoms with Crippen LogP contribution in [0.25, 0.3) is 61.5 Å². The lowest BCUT2D eigenvalue weighted by molar-refractivity contribution is 0.620. The van der Waals surface area contributed by atoms with E-state index in [-0.39, 0.29) is 0 Å². The van der Waals surface area contributed by atoms with Crippen LogP contribution in [0.2, 0.25) is 0 Å². The van der Waals surface area contributed by atoms with Gasteiger partial charge in [-0.15, -0.1) is 0 Å². The van der Waals surface area contributed by atoms with E-state index in [1.165, 1.54) is 5.57 Å². The summed E-state index contributed by atoms with van der Waals surface area (Å²) in [6.07, 6.45) is 19.1.